The summed E-state index contributed by atoms with van der Waals surface area (Å²) in [5, 5.41) is 0. The summed E-state index contributed by atoms with van der Waals surface area (Å²) in [7, 11) is 1.28. The van der Waals surface area contributed by atoms with Crippen LogP contribution in [0.4, 0.5) is 4.79 Å². The molecule has 0 aromatic rings. The van der Waals surface area contributed by atoms with Crippen LogP contribution in [-0.2, 0) is 14.4 Å². The maximum atomic E-state index is 11.9. The fraction of sp³-hybridized carbons (Fsp3) is 0.636. The summed E-state index contributed by atoms with van der Waals surface area (Å²) >= 11 is 0. The van der Waals surface area contributed by atoms with Gasteiger partial charge in [0.25, 0.3) is 11.8 Å². The number of hydrogen-bond donors (Lipinski definition) is 0. The lowest BCUT2D eigenvalue weighted by atomic mass is 9.99. The van der Waals surface area contributed by atoms with Gasteiger partial charge in [-0.15, -0.1) is 0 Å². The zero-order valence-electron chi connectivity index (χ0n) is 10.2. The van der Waals surface area contributed by atoms with Crippen LogP contribution in [0.25, 0.3) is 0 Å². The number of carbonyl (C=O) groups excluding carboxylic acids is 4. The van der Waals surface area contributed by atoms with Crippen molar-refractivity contribution in [3.63, 3.8) is 0 Å². The summed E-state index contributed by atoms with van der Waals surface area (Å²) in [4.78, 5) is 48.3. The van der Waals surface area contributed by atoms with Crippen LogP contribution in [0.15, 0.2) is 0 Å². The van der Waals surface area contributed by atoms with Crippen LogP contribution >= 0.6 is 0 Å². The summed E-state index contributed by atoms with van der Waals surface area (Å²) in [5.74, 6) is -3.31. The molecular weight excluding hydrogens is 224 g/mol. The number of rotatable bonds is 4. The van der Waals surface area contributed by atoms with Crippen molar-refractivity contribution in [3.8, 4) is 0 Å². The van der Waals surface area contributed by atoms with E-state index in [0.717, 1.165) is 16.2 Å². The van der Waals surface area contributed by atoms with E-state index in [1.54, 1.807) is 0 Å². The maximum Gasteiger partial charge on any atom is 0.333 e. The lowest BCUT2D eigenvalue weighted by Crippen LogP contribution is -2.60. The first-order chi connectivity index (χ1) is 7.91. The molecule has 1 heterocycles. The zero-order valence-corrected chi connectivity index (χ0v) is 10.2. The van der Waals surface area contributed by atoms with Crippen LogP contribution in [0.3, 0.4) is 0 Å². The van der Waals surface area contributed by atoms with Crippen LogP contribution in [0.5, 0.6) is 0 Å². The largest absolute Gasteiger partial charge is 0.333 e. The Labute approximate surface area is 99.5 Å². The lowest BCUT2D eigenvalue weighted by Gasteiger charge is -2.34. The average Bonchev–Trinajstić information content (AvgIpc) is 2.26. The lowest BCUT2D eigenvalue weighted by molar-refractivity contribution is -0.152. The predicted molar refractivity (Wildman–Crippen MR) is 59.0 cm³/mol. The molecule has 0 saturated carbocycles. The van der Waals surface area contributed by atoms with Gasteiger partial charge in [-0.05, 0) is 13.3 Å². The van der Waals surface area contributed by atoms with E-state index in [1.165, 1.54) is 14.0 Å². The van der Waals surface area contributed by atoms with E-state index in [9.17, 15) is 19.2 Å². The molecule has 1 saturated heterocycles. The first-order valence-corrected chi connectivity index (χ1v) is 5.55. The Balaban J connectivity index is 2.99. The Hall–Kier alpha value is -1.72. The second kappa shape index (κ2) is 5.07. The van der Waals surface area contributed by atoms with Crippen molar-refractivity contribution in [3.05, 3.63) is 0 Å². The summed E-state index contributed by atoms with van der Waals surface area (Å²) in [6.45, 7) is 3.36. The van der Waals surface area contributed by atoms with E-state index in [4.69, 9.17) is 0 Å². The number of imide groups is 2. The van der Waals surface area contributed by atoms with Gasteiger partial charge in [0.15, 0.2) is 11.7 Å². The van der Waals surface area contributed by atoms with Gasteiger partial charge < -0.3 is 0 Å². The molecule has 0 aromatic carbocycles. The minimum atomic E-state index is -1.35. The Kier molecular flexibility index (Phi) is 3.98. The minimum Gasteiger partial charge on any atom is -0.299 e. The van der Waals surface area contributed by atoms with Crippen molar-refractivity contribution in [1.29, 1.82) is 0 Å². The Bertz CT molecular complexity index is 378. The third-order valence-electron chi connectivity index (χ3n) is 2.75. The number of ketones is 1. The van der Waals surface area contributed by atoms with E-state index in [0.29, 0.717) is 6.42 Å². The molecule has 0 bridgehead atoms. The molecule has 1 aliphatic heterocycles. The Morgan fingerprint density at radius 2 is 1.82 bits per heavy atom. The van der Waals surface area contributed by atoms with E-state index >= 15 is 0 Å². The highest BCUT2D eigenvalue weighted by Crippen LogP contribution is 2.18. The summed E-state index contributed by atoms with van der Waals surface area (Å²) in [5.41, 5.74) is 0. The fourth-order valence-corrected chi connectivity index (χ4v) is 1.69. The molecule has 0 N–H and O–H groups in total. The van der Waals surface area contributed by atoms with Gasteiger partial charge in [-0.3, -0.25) is 24.2 Å². The first-order valence-electron chi connectivity index (χ1n) is 5.55. The second-order valence-electron chi connectivity index (χ2n) is 4.07. The van der Waals surface area contributed by atoms with Gasteiger partial charge in [0, 0.05) is 13.6 Å². The SMILES string of the molecule is CCCCN1C(=O)C(C(C)=O)C(=O)N(C)C1=O. The van der Waals surface area contributed by atoms with Crippen LogP contribution in [-0.4, -0.2) is 47.0 Å². The van der Waals surface area contributed by atoms with Gasteiger partial charge in [0.2, 0.25) is 0 Å². The smallest absolute Gasteiger partial charge is 0.299 e. The summed E-state index contributed by atoms with van der Waals surface area (Å²) < 4.78 is 0. The Morgan fingerprint density at radius 1 is 1.24 bits per heavy atom. The van der Waals surface area contributed by atoms with Crippen LogP contribution < -0.4 is 0 Å². The molecule has 1 rings (SSSR count). The van der Waals surface area contributed by atoms with Crippen LogP contribution in [0.1, 0.15) is 26.7 Å². The van der Waals surface area contributed by atoms with E-state index in [2.05, 4.69) is 0 Å². The number of nitrogens with zero attached hydrogens (tertiary/aromatic N) is 2. The molecule has 17 heavy (non-hydrogen) atoms. The highest BCUT2D eigenvalue weighted by molar-refractivity contribution is 6.25. The summed E-state index contributed by atoms with van der Waals surface area (Å²) in [6.07, 6.45) is 1.48. The Morgan fingerprint density at radius 3 is 2.29 bits per heavy atom. The zero-order chi connectivity index (χ0) is 13.2. The minimum absolute atomic E-state index is 0.246. The molecule has 1 fully saturated rings. The molecule has 1 aliphatic rings. The molecule has 94 valence electrons. The third-order valence-corrected chi connectivity index (χ3v) is 2.75. The number of hydrogen-bond acceptors (Lipinski definition) is 4. The van der Waals surface area contributed by atoms with Gasteiger partial charge in [-0.2, -0.15) is 0 Å². The number of Topliss-reactive ketones (excluding diaryl/α,β-unsaturated/α-hetero) is 1. The number of carbonyl (C=O) groups is 4. The van der Waals surface area contributed by atoms with Crippen molar-refractivity contribution in [2.45, 2.75) is 26.7 Å². The molecule has 1 atom stereocenters. The number of amides is 4. The first kappa shape index (κ1) is 13.3. The van der Waals surface area contributed by atoms with E-state index in [1.807, 2.05) is 6.92 Å². The van der Waals surface area contributed by atoms with Crippen molar-refractivity contribution in [2.75, 3.05) is 13.6 Å². The van der Waals surface area contributed by atoms with Crippen LogP contribution in [0, 0.1) is 5.92 Å². The van der Waals surface area contributed by atoms with Gasteiger partial charge in [-0.1, -0.05) is 13.3 Å². The normalized spacial score (nSPS) is 21.1. The van der Waals surface area contributed by atoms with E-state index < -0.39 is 29.5 Å². The molecule has 0 aliphatic carbocycles. The second-order valence-corrected chi connectivity index (χ2v) is 4.07. The molecule has 1 unspecified atom stereocenters. The van der Waals surface area contributed by atoms with Crippen molar-refractivity contribution < 1.29 is 19.2 Å². The molecule has 0 spiro atoms. The van der Waals surface area contributed by atoms with Gasteiger partial charge in [0.05, 0.1) is 0 Å². The number of barbiturate groups is 1. The van der Waals surface area contributed by atoms with Crippen molar-refractivity contribution in [1.82, 2.24) is 9.80 Å². The van der Waals surface area contributed by atoms with E-state index in [-0.39, 0.29) is 6.54 Å². The fourth-order valence-electron chi connectivity index (χ4n) is 1.69. The quantitative estimate of drug-likeness (QED) is 0.667. The standard InChI is InChI=1S/C11H16N2O4/c1-4-5-6-13-10(16)8(7(2)14)9(15)12(3)11(13)17/h8H,4-6H2,1-3H3. The maximum absolute atomic E-state index is 11.9. The average molecular weight is 240 g/mol. The monoisotopic (exact) mass is 240 g/mol. The number of urea groups is 1. The van der Waals surface area contributed by atoms with Gasteiger partial charge in [0.1, 0.15) is 0 Å². The molecule has 6 heteroatoms. The molecule has 4 amide bonds. The number of unbranched alkanes of at least 4 members (excludes halogenated alkanes) is 1. The van der Waals surface area contributed by atoms with Crippen molar-refractivity contribution in [2.24, 2.45) is 5.92 Å². The van der Waals surface area contributed by atoms with Crippen molar-refractivity contribution >= 4 is 23.6 Å². The van der Waals surface area contributed by atoms with Gasteiger partial charge in [-0.25, -0.2) is 4.79 Å². The molecular formula is C11H16N2O4. The van der Waals surface area contributed by atoms with Gasteiger partial charge >= 0.3 is 6.03 Å². The van der Waals surface area contributed by atoms with Crippen LogP contribution in [0.2, 0.25) is 0 Å². The highest BCUT2D eigenvalue weighted by Gasteiger charge is 2.46. The third kappa shape index (κ3) is 2.35. The highest BCUT2D eigenvalue weighted by atomic mass is 16.2. The summed E-state index contributed by atoms with van der Waals surface area (Å²) in [6, 6.07) is -0.647. The topological polar surface area (TPSA) is 74.8 Å². The molecule has 6 nitrogen and oxygen atoms in total. The predicted octanol–water partition coefficient (Wildman–Crippen LogP) is 0.412. The molecule has 0 aromatic heterocycles. The molecule has 0 radical (unpaired) electrons.